The third-order valence-corrected chi connectivity index (χ3v) is 3.92. The Kier molecular flexibility index (Phi) is 6.60. The van der Waals surface area contributed by atoms with Crippen molar-refractivity contribution in [2.45, 2.75) is 25.4 Å². The highest BCUT2D eigenvalue weighted by Crippen LogP contribution is 2.15. The summed E-state index contributed by atoms with van der Waals surface area (Å²) in [5.41, 5.74) is 0.0671. The predicted octanol–water partition coefficient (Wildman–Crippen LogP) is 2.48. The fourth-order valence-electron chi connectivity index (χ4n) is 2.26. The molecule has 2 N–H and O–H groups in total. The first-order chi connectivity index (χ1) is 10.2. The zero-order chi connectivity index (χ0) is 15.1. The van der Waals surface area contributed by atoms with Gasteiger partial charge in [-0.25, -0.2) is 4.39 Å². The lowest BCUT2D eigenvalue weighted by Crippen LogP contribution is -2.33. The SMILES string of the molecule is O=C(NCCCOC1CCNCC1)c1ccc(Br)cc1F. The average molecular weight is 359 g/mol. The van der Waals surface area contributed by atoms with Crippen LogP contribution in [0.15, 0.2) is 22.7 Å². The molecule has 1 aromatic carbocycles. The van der Waals surface area contributed by atoms with E-state index in [9.17, 15) is 9.18 Å². The van der Waals surface area contributed by atoms with Gasteiger partial charge in [0.2, 0.25) is 0 Å². The van der Waals surface area contributed by atoms with Crippen LogP contribution in [0.5, 0.6) is 0 Å². The first-order valence-electron chi connectivity index (χ1n) is 7.22. The van der Waals surface area contributed by atoms with E-state index in [0.717, 1.165) is 32.4 Å². The minimum absolute atomic E-state index is 0.0671. The topological polar surface area (TPSA) is 50.4 Å². The first kappa shape index (κ1) is 16.4. The first-order valence-corrected chi connectivity index (χ1v) is 8.01. The van der Waals surface area contributed by atoms with E-state index in [1.54, 1.807) is 6.07 Å². The molecular weight excluding hydrogens is 339 g/mol. The van der Waals surface area contributed by atoms with Crippen molar-refractivity contribution in [3.63, 3.8) is 0 Å². The monoisotopic (exact) mass is 358 g/mol. The van der Waals surface area contributed by atoms with Crippen LogP contribution in [0.4, 0.5) is 4.39 Å². The van der Waals surface area contributed by atoms with Crippen molar-refractivity contribution in [1.29, 1.82) is 0 Å². The van der Waals surface area contributed by atoms with Crippen molar-refractivity contribution < 1.29 is 13.9 Å². The van der Waals surface area contributed by atoms with E-state index >= 15 is 0 Å². The Bertz CT molecular complexity index is 479. The van der Waals surface area contributed by atoms with Crippen LogP contribution in [-0.2, 0) is 4.74 Å². The van der Waals surface area contributed by atoms with Gasteiger partial charge in [0.05, 0.1) is 11.7 Å². The molecule has 0 bridgehead atoms. The molecule has 116 valence electrons. The van der Waals surface area contributed by atoms with E-state index in [4.69, 9.17) is 4.74 Å². The number of nitrogens with one attached hydrogen (secondary N) is 2. The Morgan fingerprint density at radius 1 is 1.43 bits per heavy atom. The van der Waals surface area contributed by atoms with Crippen molar-refractivity contribution in [3.05, 3.63) is 34.1 Å². The zero-order valence-corrected chi connectivity index (χ0v) is 13.4. The van der Waals surface area contributed by atoms with E-state index in [2.05, 4.69) is 26.6 Å². The van der Waals surface area contributed by atoms with Crippen LogP contribution in [0.2, 0.25) is 0 Å². The Morgan fingerprint density at radius 2 is 2.19 bits per heavy atom. The van der Waals surface area contributed by atoms with Gasteiger partial charge in [-0.2, -0.15) is 0 Å². The second-order valence-electron chi connectivity index (χ2n) is 5.05. The number of halogens is 2. The Hall–Kier alpha value is -0.980. The lowest BCUT2D eigenvalue weighted by molar-refractivity contribution is 0.0317. The fraction of sp³-hybridized carbons (Fsp3) is 0.533. The molecule has 1 heterocycles. The summed E-state index contributed by atoms with van der Waals surface area (Å²) in [5.74, 6) is -0.908. The van der Waals surface area contributed by atoms with Crippen molar-refractivity contribution in [1.82, 2.24) is 10.6 Å². The molecular formula is C15H20BrFN2O2. The standard InChI is InChI=1S/C15H20BrFN2O2/c16-11-2-3-13(14(17)10-11)15(20)19-6-1-9-21-12-4-7-18-8-5-12/h2-3,10,12,18H,1,4-9H2,(H,19,20). The van der Waals surface area contributed by atoms with E-state index in [0.29, 0.717) is 23.7 Å². The number of carbonyl (C=O) groups excluding carboxylic acids is 1. The fourth-order valence-corrected chi connectivity index (χ4v) is 2.59. The highest BCUT2D eigenvalue weighted by Gasteiger charge is 2.13. The Balaban J connectivity index is 1.64. The van der Waals surface area contributed by atoms with Gasteiger partial charge in [-0.05, 0) is 50.6 Å². The smallest absolute Gasteiger partial charge is 0.254 e. The van der Waals surface area contributed by atoms with Gasteiger partial charge >= 0.3 is 0 Å². The normalized spacial score (nSPS) is 15.9. The van der Waals surface area contributed by atoms with Crippen LogP contribution in [0.25, 0.3) is 0 Å². The summed E-state index contributed by atoms with van der Waals surface area (Å²) in [4.78, 5) is 11.8. The summed E-state index contributed by atoms with van der Waals surface area (Å²) >= 11 is 3.16. The van der Waals surface area contributed by atoms with Crippen molar-refractivity contribution in [2.24, 2.45) is 0 Å². The highest BCUT2D eigenvalue weighted by atomic mass is 79.9. The van der Waals surface area contributed by atoms with Gasteiger partial charge in [0, 0.05) is 17.6 Å². The predicted molar refractivity (Wildman–Crippen MR) is 82.9 cm³/mol. The van der Waals surface area contributed by atoms with Crippen molar-refractivity contribution in [3.8, 4) is 0 Å². The third kappa shape index (κ3) is 5.37. The Morgan fingerprint density at radius 3 is 2.90 bits per heavy atom. The molecule has 0 spiro atoms. The largest absolute Gasteiger partial charge is 0.378 e. The van der Waals surface area contributed by atoms with Gasteiger partial charge in [0.25, 0.3) is 5.91 Å². The molecule has 0 aromatic heterocycles. The summed E-state index contributed by atoms with van der Waals surface area (Å²) in [6, 6.07) is 4.41. The van der Waals surface area contributed by atoms with E-state index in [1.807, 2.05) is 0 Å². The van der Waals surface area contributed by atoms with Gasteiger partial charge in [-0.15, -0.1) is 0 Å². The maximum atomic E-state index is 13.6. The van der Waals surface area contributed by atoms with Crippen molar-refractivity contribution in [2.75, 3.05) is 26.2 Å². The lowest BCUT2D eigenvalue weighted by Gasteiger charge is -2.22. The molecule has 1 fully saturated rings. The molecule has 1 aliphatic heterocycles. The lowest BCUT2D eigenvalue weighted by atomic mass is 10.1. The second-order valence-corrected chi connectivity index (χ2v) is 5.97. The zero-order valence-electron chi connectivity index (χ0n) is 11.8. The van der Waals surface area contributed by atoms with Gasteiger partial charge in [0.1, 0.15) is 5.82 Å². The number of ether oxygens (including phenoxy) is 1. The van der Waals surface area contributed by atoms with Crippen LogP contribution in [-0.4, -0.2) is 38.3 Å². The number of hydrogen-bond acceptors (Lipinski definition) is 3. The minimum Gasteiger partial charge on any atom is -0.378 e. The average Bonchev–Trinajstić information content (AvgIpc) is 2.47. The molecule has 0 saturated carbocycles. The highest BCUT2D eigenvalue weighted by molar-refractivity contribution is 9.10. The minimum atomic E-state index is -0.521. The van der Waals surface area contributed by atoms with Gasteiger partial charge in [-0.3, -0.25) is 4.79 Å². The number of amides is 1. The molecule has 1 aromatic rings. The van der Waals surface area contributed by atoms with Crippen LogP contribution in [0, 0.1) is 5.82 Å². The molecule has 0 radical (unpaired) electrons. The van der Waals surface area contributed by atoms with Crippen LogP contribution >= 0.6 is 15.9 Å². The quantitative estimate of drug-likeness (QED) is 0.768. The third-order valence-electron chi connectivity index (χ3n) is 3.42. The molecule has 1 amide bonds. The second kappa shape index (κ2) is 8.46. The molecule has 0 unspecified atom stereocenters. The number of piperidine rings is 1. The summed E-state index contributed by atoms with van der Waals surface area (Å²) in [6.45, 7) is 3.11. The summed E-state index contributed by atoms with van der Waals surface area (Å²) in [7, 11) is 0. The molecule has 21 heavy (non-hydrogen) atoms. The van der Waals surface area contributed by atoms with Crippen molar-refractivity contribution >= 4 is 21.8 Å². The van der Waals surface area contributed by atoms with E-state index in [1.165, 1.54) is 12.1 Å². The van der Waals surface area contributed by atoms with Crippen LogP contribution < -0.4 is 10.6 Å². The van der Waals surface area contributed by atoms with Gasteiger partial charge in [0.15, 0.2) is 0 Å². The van der Waals surface area contributed by atoms with E-state index < -0.39 is 5.82 Å². The molecule has 2 rings (SSSR count). The maximum Gasteiger partial charge on any atom is 0.254 e. The number of hydrogen-bond donors (Lipinski definition) is 2. The number of carbonyl (C=O) groups is 1. The molecule has 1 saturated heterocycles. The number of benzene rings is 1. The Labute approximate surface area is 132 Å². The maximum absolute atomic E-state index is 13.6. The van der Waals surface area contributed by atoms with Gasteiger partial charge < -0.3 is 15.4 Å². The number of rotatable bonds is 6. The van der Waals surface area contributed by atoms with Crippen LogP contribution in [0.1, 0.15) is 29.6 Å². The molecule has 1 aliphatic rings. The summed E-state index contributed by atoms with van der Waals surface area (Å²) < 4.78 is 20.0. The summed E-state index contributed by atoms with van der Waals surface area (Å²) in [5, 5.41) is 5.99. The van der Waals surface area contributed by atoms with Gasteiger partial charge in [-0.1, -0.05) is 15.9 Å². The van der Waals surface area contributed by atoms with E-state index in [-0.39, 0.29) is 11.5 Å². The molecule has 0 aliphatic carbocycles. The molecule has 6 heteroatoms. The molecule has 4 nitrogen and oxygen atoms in total. The van der Waals surface area contributed by atoms with Crippen LogP contribution in [0.3, 0.4) is 0 Å². The molecule has 0 atom stereocenters. The summed E-state index contributed by atoms with van der Waals surface area (Å²) in [6.07, 6.45) is 3.13.